The van der Waals surface area contributed by atoms with Gasteiger partial charge in [0, 0.05) is 25.3 Å². The normalized spacial score (nSPS) is 16.8. The van der Waals surface area contributed by atoms with Crippen LogP contribution in [0.15, 0.2) is 23.2 Å². The molecule has 2 N–H and O–H groups in total. The van der Waals surface area contributed by atoms with Gasteiger partial charge in [0.2, 0.25) is 0 Å². The first-order chi connectivity index (χ1) is 12.6. The Bertz CT molecular complexity index is 585. The van der Waals surface area contributed by atoms with Gasteiger partial charge in [-0.2, -0.15) is 8.78 Å². The van der Waals surface area contributed by atoms with E-state index in [0.717, 1.165) is 19.4 Å². The molecule has 0 saturated carbocycles. The van der Waals surface area contributed by atoms with Crippen molar-refractivity contribution in [1.29, 1.82) is 0 Å². The molecular formula is C18H28F2IN3O3. The average Bonchev–Trinajstić information content (AvgIpc) is 3.13. The van der Waals surface area contributed by atoms with Gasteiger partial charge in [-0.25, -0.2) is 4.99 Å². The van der Waals surface area contributed by atoms with Crippen LogP contribution < -0.4 is 20.1 Å². The molecule has 1 heterocycles. The monoisotopic (exact) mass is 499 g/mol. The number of hydrogen-bond donors (Lipinski definition) is 2. The van der Waals surface area contributed by atoms with Crippen molar-refractivity contribution in [2.75, 3.05) is 26.3 Å². The summed E-state index contributed by atoms with van der Waals surface area (Å²) in [6.45, 7) is 3.51. The van der Waals surface area contributed by atoms with Crippen LogP contribution in [0.5, 0.6) is 11.5 Å². The molecule has 1 saturated heterocycles. The summed E-state index contributed by atoms with van der Waals surface area (Å²) in [5.74, 6) is 0.925. The highest BCUT2D eigenvalue weighted by atomic mass is 127. The topological polar surface area (TPSA) is 64.1 Å². The molecule has 1 aliphatic heterocycles. The lowest BCUT2D eigenvalue weighted by atomic mass is 10.2. The van der Waals surface area contributed by atoms with Crippen molar-refractivity contribution in [3.05, 3.63) is 23.8 Å². The van der Waals surface area contributed by atoms with Gasteiger partial charge in [0.05, 0.1) is 19.3 Å². The summed E-state index contributed by atoms with van der Waals surface area (Å²) in [4.78, 5) is 4.47. The molecule has 1 aromatic carbocycles. The van der Waals surface area contributed by atoms with Gasteiger partial charge in [0.15, 0.2) is 17.5 Å². The molecule has 1 aromatic rings. The maximum Gasteiger partial charge on any atom is 0.387 e. The van der Waals surface area contributed by atoms with Gasteiger partial charge in [-0.05, 0) is 32.8 Å². The first-order valence-corrected chi connectivity index (χ1v) is 8.97. The van der Waals surface area contributed by atoms with Crippen molar-refractivity contribution in [1.82, 2.24) is 10.6 Å². The van der Waals surface area contributed by atoms with Crippen LogP contribution in [0.25, 0.3) is 0 Å². The zero-order chi connectivity index (χ0) is 18.8. The predicted octanol–water partition coefficient (Wildman–Crippen LogP) is 3.54. The van der Waals surface area contributed by atoms with Gasteiger partial charge in [0.25, 0.3) is 0 Å². The van der Waals surface area contributed by atoms with Crippen molar-refractivity contribution in [2.24, 2.45) is 4.99 Å². The third-order valence-electron chi connectivity index (χ3n) is 3.84. The number of guanidine groups is 1. The van der Waals surface area contributed by atoms with Crippen molar-refractivity contribution in [3.63, 3.8) is 0 Å². The molecule has 1 atom stereocenters. The highest BCUT2D eigenvalue weighted by molar-refractivity contribution is 14.0. The van der Waals surface area contributed by atoms with Crippen molar-refractivity contribution >= 4 is 29.9 Å². The standard InChI is InChI=1S/C18H27F2N3O3.HI/c1-3-21-18(23-12-14-8-6-10-25-14)22-11-13-7-5-9-15(24-4-2)16(13)26-17(19)20;/h5,7,9,14,17H,3-4,6,8,10-12H2,1-2H3,(H2,21,22,23);1H. The van der Waals surface area contributed by atoms with Gasteiger partial charge in [0.1, 0.15) is 0 Å². The van der Waals surface area contributed by atoms with Gasteiger partial charge >= 0.3 is 6.61 Å². The summed E-state index contributed by atoms with van der Waals surface area (Å²) < 4.78 is 41.2. The molecular weight excluding hydrogens is 471 g/mol. The fourth-order valence-electron chi connectivity index (χ4n) is 2.70. The molecule has 9 heteroatoms. The maximum absolute atomic E-state index is 12.8. The summed E-state index contributed by atoms with van der Waals surface area (Å²) in [5, 5.41) is 6.37. The highest BCUT2D eigenvalue weighted by Crippen LogP contribution is 2.33. The molecule has 2 rings (SSSR count). The minimum Gasteiger partial charge on any atom is -0.490 e. The van der Waals surface area contributed by atoms with E-state index in [0.29, 0.717) is 31.2 Å². The fourth-order valence-corrected chi connectivity index (χ4v) is 2.70. The molecule has 6 nitrogen and oxygen atoms in total. The molecule has 0 bridgehead atoms. The molecule has 0 aliphatic carbocycles. The number of halogens is 3. The maximum atomic E-state index is 12.8. The Kier molecular flexibility index (Phi) is 11.3. The third-order valence-corrected chi connectivity index (χ3v) is 3.84. The van der Waals surface area contributed by atoms with Crippen LogP contribution in [0.3, 0.4) is 0 Å². The number of rotatable bonds is 9. The predicted molar refractivity (Wildman–Crippen MR) is 111 cm³/mol. The minimum absolute atomic E-state index is 0. The Morgan fingerprint density at radius 3 is 2.78 bits per heavy atom. The molecule has 1 unspecified atom stereocenters. The molecule has 0 amide bonds. The van der Waals surface area contributed by atoms with Crippen LogP contribution in [-0.4, -0.2) is 45.0 Å². The number of nitrogens with one attached hydrogen (secondary N) is 2. The Hall–Kier alpha value is -1.36. The molecule has 0 aromatic heterocycles. The van der Waals surface area contributed by atoms with Crippen LogP contribution in [0.4, 0.5) is 8.78 Å². The summed E-state index contributed by atoms with van der Waals surface area (Å²) in [6.07, 6.45) is 2.27. The van der Waals surface area contributed by atoms with E-state index in [-0.39, 0.29) is 48.1 Å². The number of aliphatic imine (C=N–C) groups is 1. The van der Waals surface area contributed by atoms with Gasteiger partial charge in [-0.1, -0.05) is 12.1 Å². The quantitative estimate of drug-likeness (QED) is 0.309. The lowest BCUT2D eigenvalue weighted by Crippen LogP contribution is -2.41. The Morgan fingerprint density at radius 1 is 1.33 bits per heavy atom. The van der Waals surface area contributed by atoms with Crippen molar-refractivity contribution in [2.45, 2.75) is 45.9 Å². The first kappa shape index (κ1) is 23.7. The largest absolute Gasteiger partial charge is 0.490 e. The number of ether oxygens (including phenoxy) is 3. The Labute approximate surface area is 176 Å². The van der Waals surface area contributed by atoms with Crippen LogP contribution in [0.1, 0.15) is 32.3 Å². The van der Waals surface area contributed by atoms with E-state index in [1.807, 2.05) is 6.92 Å². The van der Waals surface area contributed by atoms with E-state index in [2.05, 4.69) is 20.4 Å². The second kappa shape index (κ2) is 12.9. The number of alkyl halides is 2. The molecule has 27 heavy (non-hydrogen) atoms. The van der Waals surface area contributed by atoms with Crippen LogP contribution in [0.2, 0.25) is 0 Å². The van der Waals surface area contributed by atoms with Crippen LogP contribution in [0, 0.1) is 0 Å². The molecule has 0 spiro atoms. The second-order valence-electron chi connectivity index (χ2n) is 5.77. The lowest BCUT2D eigenvalue weighted by molar-refractivity contribution is -0.0520. The summed E-state index contributed by atoms with van der Waals surface area (Å²) >= 11 is 0. The number of para-hydroxylation sites is 1. The zero-order valence-electron chi connectivity index (χ0n) is 15.7. The van der Waals surface area contributed by atoms with Crippen molar-refractivity contribution in [3.8, 4) is 11.5 Å². The highest BCUT2D eigenvalue weighted by Gasteiger charge is 2.17. The Morgan fingerprint density at radius 2 is 2.15 bits per heavy atom. The van der Waals surface area contributed by atoms with Crippen LogP contribution >= 0.6 is 24.0 Å². The van der Waals surface area contributed by atoms with E-state index < -0.39 is 6.61 Å². The van der Waals surface area contributed by atoms with E-state index in [4.69, 9.17) is 9.47 Å². The second-order valence-corrected chi connectivity index (χ2v) is 5.77. The lowest BCUT2D eigenvalue weighted by Gasteiger charge is -2.16. The minimum atomic E-state index is -2.93. The summed E-state index contributed by atoms with van der Waals surface area (Å²) in [6, 6.07) is 5.05. The fraction of sp³-hybridized carbons (Fsp3) is 0.611. The average molecular weight is 499 g/mol. The van der Waals surface area contributed by atoms with Crippen LogP contribution in [-0.2, 0) is 11.3 Å². The molecule has 1 aliphatic rings. The van der Waals surface area contributed by atoms with E-state index >= 15 is 0 Å². The van der Waals surface area contributed by atoms with E-state index in [1.165, 1.54) is 0 Å². The zero-order valence-corrected chi connectivity index (χ0v) is 18.0. The van der Waals surface area contributed by atoms with E-state index in [1.54, 1.807) is 25.1 Å². The number of hydrogen-bond acceptors (Lipinski definition) is 4. The first-order valence-electron chi connectivity index (χ1n) is 8.97. The molecule has 154 valence electrons. The SMILES string of the molecule is CCNC(=NCc1cccc(OCC)c1OC(F)F)NCC1CCCO1.I. The van der Waals surface area contributed by atoms with Crippen molar-refractivity contribution < 1.29 is 23.0 Å². The smallest absolute Gasteiger partial charge is 0.387 e. The summed E-state index contributed by atoms with van der Waals surface area (Å²) in [5.41, 5.74) is 0.533. The molecule has 1 fully saturated rings. The van der Waals surface area contributed by atoms with E-state index in [9.17, 15) is 8.78 Å². The summed E-state index contributed by atoms with van der Waals surface area (Å²) in [7, 11) is 0. The number of nitrogens with zero attached hydrogens (tertiary/aromatic N) is 1. The van der Waals surface area contributed by atoms with Gasteiger partial charge in [-0.15, -0.1) is 24.0 Å². The third kappa shape index (κ3) is 8.04. The number of benzene rings is 1. The van der Waals surface area contributed by atoms with Gasteiger partial charge < -0.3 is 24.8 Å². The molecule has 0 radical (unpaired) electrons. The Balaban J connectivity index is 0.00000364. The van der Waals surface area contributed by atoms with Gasteiger partial charge in [-0.3, -0.25) is 0 Å².